The second kappa shape index (κ2) is 5.93. The molecule has 1 N–H and O–H groups in total. The van der Waals surface area contributed by atoms with Gasteiger partial charge in [-0.3, -0.25) is 4.90 Å². The Morgan fingerprint density at radius 3 is 2.95 bits per heavy atom. The van der Waals surface area contributed by atoms with Gasteiger partial charge in [-0.1, -0.05) is 40.5 Å². The second-order valence-electron chi connectivity index (χ2n) is 5.50. The lowest BCUT2D eigenvalue weighted by Crippen LogP contribution is -2.37. The number of aliphatic hydroxyl groups is 1. The van der Waals surface area contributed by atoms with E-state index < -0.39 is 5.60 Å². The highest BCUT2D eigenvalue weighted by atomic mass is 35.5. The zero-order valence-corrected chi connectivity index (χ0v) is 12.9. The monoisotopic (exact) mass is 326 g/mol. The molecule has 1 saturated heterocycles. The van der Waals surface area contributed by atoms with Crippen LogP contribution in [0.25, 0.3) is 0 Å². The fourth-order valence-corrected chi connectivity index (χ4v) is 3.11. The standard InChI is InChI=1S/C14H16Cl2N4O/c15-12-3-1-2-11(13(12)16)8-19-6-4-14(21,9-19)10-20-7-5-17-18-20/h1-3,5,7,21H,4,6,8-10H2. The van der Waals surface area contributed by atoms with Crippen molar-refractivity contribution < 1.29 is 5.11 Å². The summed E-state index contributed by atoms with van der Waals surface area (Å²) in [5.41, 5.74) is 0.202. The first-order chi connectivity index (χ1) is 10.1. The van der Waals surface area contributed by atoms with Crippen LogP contribution in [0.1, 0.15) is 12.0 Å². The Balaban J connectivity index is 1.65. The van der Waals surface area contributed by atoms with Crippen molar-refractivity contribution in [3.63, 3.8) is 0 Å². The van der Waals surface area contributed by atoms with Gasteiger partial charge in [-0.15, -0.1) is 5.10 Å². The van der Waals surface area contributed by atoms with E-state index in [-0.39, 0.29) is 0 Å². The minimum atomic E-state index is -0.779. The molecular formula is C14H16Cl2N4O. The summed E-state index contributed by atoms with van der Waals surface area (Å²) in [5, 5.41) is 19.5. The lowest BCUT2D eigenvalue weighted by atomic mass is 10.0. The molecule has 3 rings (SSSR count). The molecule has 7 heteroatoms. The molecule has 0 spiro atoms. The minimum absolute atomic E-state index is 0.451. The van der Waals surface area contributed by atoms with E-state index >= 15 is 0 Å². The van der Waals surface area contributed by atoms with Crippen LogP contribution in [0, 0.1) is 0 Å². The Bertz CT molecular complexity index is 619. The van der Waals surface area contributed by atoms with E-state index in [1.165, 1.54) is 0 Å². The Hall–Kier alpha value is -1.14. The Morgan fingerprint density at radius 1 is 1.33 bits per heavy atom. The molecule has 1 aromatic heterocycles. The number of benzene rings is 1. The predicted molar refractivity (Wildman–Crippen MR) is 81.3 cm³/mol. The molecule has 1 aliphatic rings. The zero-order chi connectivity index (χ0) is 14.9. The van der Waals surface area contributed by atoms with Crippen molar-refractivity contribution in [2.45, 2.75) is 25.1 Å². The largest absolute Gasteiger partial charge is 0.387 e. The smallest absolute Gasteiger partial charge is 0.0981 e. The Labute approximate surface area is 133 Å². The second-order valence-corrected chi connectivity index (χ2v) is 6.28. The van der Waals surface area contributed by atoms with Gasteiger partial charge in [0.15, 0.2) is 0 Å². The highest BCUT2D eigenvalue weighted by Crippen LogP contribution is 2.29. The van der Waals surface area contributed by atoms with E-state index in [0.717, 1.165) is 12.1 Å². The first-order valence-electron chi connectivity index (χ1n) is 6.77. The fourth-order valence-electron chi connectivity index (χ4n) is 2.73. The summed E-state index contributed by atoms with van der Waals surface area (Å²) in [6, 6.07) is 5.63. The van der Waals surface area contributed by atoms with Gasteiger partial charge in [-0.2, -0.15) is 0 Å². The van der Waals surface area contributed by atoms with Crippen molar-refractivity contribution in [1.29, 1.82) is 0 Å². The molecule has 1 atom stereocenters. The zero-order valence-electron chi connectivity index (χ0n) is 11.4. The summed E-state index contributed by atoms with van der Waals surface area (Å²) >= 11 is 12.2. The van der Waals surface area contributed by atoms with Gasteiger partial charge in [0.2, 0.25) is 0 Å². The van der Waals surface area contributed by atoms with Gasteiger partial charge in [0.1, 0.15) is 0 Å². The fraction of sp³-hybridized carbons (Fsp3) is 0.429. The molecule has 5 nitrogen and oxygen atoms in total. The highest BCUT2D eigenvalue weighted by molar-refractivity contribution is 6.42. The highest BCUT2D eigenvalue weighted by Gasteiger charge is 2.36. The summed E-state index contributed by atoms with van der Waals surface area (Å²) in [7, 11) is 0. The first-order valence-corrected chi connectivity index (χ1v) is 7.53. The summed E-state index contributed by atoms with van der Waals surface area (Å²) in [5.74, 6) is 0. The van der Waals surface area contributed by atoms with Crippen LogP contribution in [0.2, 0.25) is 10.0 Å². The maximum atomic E-state index is 10.6. The van der Waals surface area contributed by atoms with Gasteiger partial charge in [-0.25, -0.2) is 4.68 Å². The van der Waals surface area contributed by atoms with Crippen LogP contribution in [0.5, 0.6) is 0 Å². The molecule has 0 radical (unpaired) electrons. The number of rotatable bonds is 4. The van der Waals surface area contributed by atoms with Crippen LogP contribution in [0.15, 0.2) is 30.6 Å². The van der Waals surface area contributed by atoms with Crippen LogP contribution in [0.3, 0.4) is 0 Å². The SMILES string of the molecule is OC1(Cn2ccnn2)CCN(Cc2cccc(Cl)c2Cl)C1. The molecule has 0 bridgehead atoms. The number of β-amino-alcohol motifs (C(OH)–C–C–N with tert-alkyl or cyclic N) is 1. The van der Waals surface area contributed by atoms with Crippen LogP contribution in [0.4, 0.5) is 0 Å². The molecule has 1 fully saturated rings. The van der Waals surface area contributed by atoms with Crippen molar-refractivity contribution >= 4 is 23.2 Å². The third-order valence-electron chi connectivity index (χ3n) is 3.77. The van der Waals surface area contributed by atoms with Gasteiger partial charge in [-0.05, 0) is 18.1 Å². The summed E-state index contributed by atoms with van der Waals surface area (Å²) in [6.45, 7) is 2.52. The van der Waals surface area contributed by atoms with E-state index in [2.05, 4.69) is 15.2 Å². The maximum absolute atomic E-state index is 10.6. The lowest BCUT2D eigenvalue weighted by molar-refractivity contribution is 0.0274. The molecule has 0 amide bonds. The average molecular weight is 327 g/mol. The molecule has 2 aromatic rings. The summed E-state index contributed by atoms with van der Waals surface area (Å²) < 4.78 is 1.66. The van der Waals surface area contributed by atoms with E-state index in [4.69, 9.17) is 23.2 Å². The van der Waals surface area contributed by atoms with E-state index in [0.29, 0.717) is 36.1 Å². The van der Waals surface area contributed by atoms with Crippen molar-refractivity contribution in [3.05, 3.63) is 46.2 Å². The Morgan fingerprint density at radius 2 is 2.19 bits per heavy atom. The Kier molecular flexibility index (Phi) is 4.17. The molecule has 0 saturated carbocycles. The van der Waals surface area contributed by atoms with E-state index in [9.17, 15) is 5.11 Å². The van der Waals surface area contributed by atoms with E-state index in [1.807, 2.05) is 12.1 Å². The number of hydrogen-bond donors (Lipinski definition) is 1. The van der Waals surface area contributed by atoms with Gasteiger partial charge in [0, 0.05) is 25.8 Å². The molecule has 0 aliphatic carbocycles. The van der Waals surface area contributed by atoms with Crippen LogP contribution < -0.4 is 0 Å². The summed E-state index contributed by atoms with van der Waals surface area (Å²) in [4.78, 5) is 2.18. The molecule has 2 heterocycles. The van der Waals surface area contributed by atoms with Crippen molar-refractivity contribution in [2.75, 3.05) is 13.1 Å². The molecule has 21 heavy (non-hydrogen) atoms. The number of aromatic nitrogens is 3. The van der Waals surface area contributed by atoms with Gasteiger partial charge in [0.05, 0.1) is 28.4 Å². The molecular weight excluding hydrogens is 311 g/mol. The normalized spacial score (nSPS) is 22.8. The van der Waals surface area contributed by atoms with Crippen molar-refractivity contribution in [3.8, 4) is 0 Å². The van der Waals surface area contributed by atoms with Crippen LogP contribution >= 0.6 is 23.2 Å². The van der Waals surface area contributed by atoms with Crippen molar-refractivity contribution in [1.82, 2.24) is 19.9 Å². The number of nitrogens with zero attached hydrogens (tertiary/aromatic N) is 4. The first kappa shape index (κ1) is 14.8. The van der Waals surface area contributed by atoms with Gasteiger partial charge < -0.3 is 5.11 Å². The minimum Gasteiger partial charge on any atom is -0.387 e. The number of likely N-dealkylation sites (tertiary alicyclic amines) is 1. The molecule has 1 aliphatic heterocycles. The molecule has 112 valence electrons. The molecule has 1 aromatic carbocycles. The maximum Gasteiger partial charge on any atom is 0.0981 e. The van der Waals surface area contributed by atoms with Crippen LogP contribution in [-0.4, -0.2) is 43.7 Å². The van der Waals surface area contributed by atoms with Gasteiger partial charge >= 0.3 is 0 Å². The average Bonchev–Trinajstić information content (AvgIpc) is 3.06. The number of hydrogen-bond acceptors (Lipinski definition) is 4. The quantitative estimate of drug-likeness (QED) is 0.936. The third-order valence-corrected chi connectivity index (χ3v) is 4.62. The predicted octanol–water partition coefficient (Wildman–Crippen LogP) is 2.22. The lowest BCUT2D eigenvalue weighted by Gasteiger charge is -2.23. The van der Waals surface area contributed by atoms with Crippen LogP contribution in [-0.2, 0) is 13.1 Å². The number of halogens is 2. The third kappa shape index (κ3) is 3.37. The topological polar surface area (TPSA) is 54.2 Å². The van der Waals surface area contributed by atoms with Crippen molar-refractivity contribution in [2.24, 2.45) is 0 Å². The summed E-state index contributed by atoms with van der Waals surface area (Å²) in [6.07, 6.45) is 4.07. The van der Waals surface area contributed by atoms with Gasteiger partial charge in [0.25, 0.3) is 0 Å². The molecule has 1 unspecified atom stereocenters. The van der Waals surface area contributed by atoms with E-state index in [1.54, 1.807) is 23.1 Å².